The van der Waals surface area contributed by atoms with Crippen LogP contribution in [0.5, 0.6) is 0 Å². The molecular weight excluding hydrogens is 314 g/mol. The maximum atomic E-state index is 10.3. The van der Waals surface area contributed by atoms with Crippen LogP contribution in [0.4, 0.5) is 0 Å². The van der Waals surface area contributed by atoms with Gasteiger partial charge in [0.15, 0.2) is 0 Å². The fraction of sp³-hybridized carbons (Fsp3) is 0.667. The summed E-state index contributed by atoms with van der Waals surface area (Å²) in [7, 11) is 0. The van der Waals surface area contributed by atoms with E-state index in [4.69, 9.17) is 21.1 Å². The maximum Gasteiger partial charge on any atom is 0.0900 e. The van der Waals surface area contributed by atoms with Gasteiger partial charge in [0.1, 0.15) is 0 Å². The van der Waals surface area contributed by atoms with E-state index >= 15 is 0 Å². The predicted molar refractivity (Wildman–Crippen MR) is 90.8 cm³/mol. The van der Waals surface area contributed by atoms with Crippen molar-refractivity contribution in [1.82, 2.24) is 4.90 Å². The molecule has 1 aromatic carbocycles. The Kier molecular flexibility index (Phi) is 6.31. The highest BCUT2D eigenvalue weighted by atomic mass is 35.5. The minimum Gasteiger partial charge on any atom is -0.389 e. The largest absolute Gasteiger partial charge is 0.389 e. The molecule has 0 saturated carbocycles. The fourth-order valence-electron chi connectivity index (χ4n) is 3.57. The third kappa shape index (κ3) is 4.91. The van der Waals surface area contributed by atoms with Crippen LogP contribution in [0.15, 0.2) is 24.3 Å². The highest BCUT2D eigenvalue weighted by Gasteiger charge is 2.27. The van der Waals surface area contributed by atoms with E-state index in [0.29, 0.717) is 25.8 Å². The van der Waals surface area contributed by atoms with Crippen LogP contribution in [-0.2, 0) is 9.47 Å². The van der Waals surface area contributed by atoms with E-state index in [9.17, 15) is 5.11 Å². The molecule has 0 bridgehead atoms. The van der Waals surface area contributed by atoms with Gasteiger partial charge >= 0.3 is 0 Å². The number of aliphatic hydroxyl groups excluding tert-OH is 1. The van der Waals surface area contributed by atoms with E-state index in [-0.39, 0.29) is 6.10 Å². The Morgan fingerprint density at radius 1 is 1.35 bits per heavy atom. The van der Waals surface area contributed by atoms with Crippen LogP contribution in [0.3, 0.4) is 0 Å². The number of nitrogens with zero attached hydrogens (tertiary/aromatic N) is 1. The number of halogens is 1. The van der Waals surface area contributed by atoms with Crippen LogP contribution >= 0.6 is 11.6 Å². The number of ether oxygens (including phenoxy) is 2. The Bertz CT molecular complexity index is 493. The lowest BCUT2D eigenvalue weighted by Gasteiger charge is -2.27. The van der Waals surface area contributed by atoms with E-state index in [1.807, 2.05) is 18.2 Å². The zero-order valence-corrected chi connectivity index (χ0v) is 14.3. The number of hydrogen-bond acceptors (Lipinski definition) is 4. The summed E-state index contributed by atoms with van der Waals surface area (Å²) in [6.45, 7) is 3.46. The van der Waals surface area contributed by atoms with Gasteiger partial charge in [-0.3, -0.25) is 4.90 Å². The van der Waals surface area contributed by atoms with Gasteiger partial charge in [-0.2, -0.15) is 0 Å². The van der Waals surface area contributed by atoms with Gasteiger partial charge in [-0.15, -0.1) is 0 Å². The van der Waals surface area contributed by atoms with Crippen LogP contribution in [0, 0.1) is 0 Å². The van der Waals surface area contributed by atoms with Gasteiger partial charge in [-0.05, 0) is 49.9 Å². The number of aliphatic hydroxyl groups is 1. The monoisotopic (exact) mass is 339 g/mol. The molecule has 0 amide bonds. The Morgan fingerprint density at radius 3 is 3.04 bits per heavy atom. The first-order valence-electron chi connectivity index (χ1n) is 8.59. The first-order valence-corrected chi connectivity index (χ1v) is 8.97. The van der Waals surface area contributed by atoms with Crippen molar-refractivity contribution in [3.8, 4) is 0 Å². The molecule has 3 unspecified atom stereocenters. The predicted octanol–water partition coefficient (Wildman–Crippen LogP) is 3.03. The molecule has 2 aliphatic rings. The lowest BCUT2D eigenvalue weighted by molar-refractivity contribution is -0.0261. The van der Waals surface area contributed by atoms with Gasteiger partial charge in [0.2, 0.25) is 0 Å². The first-order chi connectivity index (χ1) is 11.2. The third-order valence-corrected chi connectivity index (χ3v) is 4.92. The molecule has 1 aromatic rings. The molecule has 128 valence electrons. The average molecular weight is 340 g/mol. The topological polar surface area (TPSA) is 41.9 Å². The molecule has 2 fully saturated rings. The number of hydrogen-bond donors (Lipinski definition) is 1. The van der Waals surface area contributed by atoms with Gasteiger partial charge in [0.05, 0.1) is 25.4 Å². The summed E-state index contributed by atoms with van der Waals surface area (Å²) in [6, 6.07) is 8.40. The van der Waals surface area contributed by atoms with E-state index in [2.05, 4.69) is 11.0 Å². The van der Waals surface area contributed by atoms with Crippen molar-refractivity contribution in [2.75, 3.05) is 32.9 Å². The van der Waals surface area contributed by atoms with Crippen molar-refractivity contribution in [1.29, 1.82) is 0 Å². The fourth-order valence-corrected chi connectivity index (χ4v) is 3.77. The van der Waals surface area contributed by atoms with Gasteiger partial charge in [-0.1, -0.05) is 23.7 Å². The van der Waals surface area contributed by atoms with Crippen molar-refractivity contribution in [3.63, 3.8) is 0 Å². The maximum absolute atomic E-state index is 10.3. The van der Waals surface area contributed by atoms with Crippen LogP contribution in [0.25, 0.3) is 0 Å². The number of likely N-dealkylation sites (tertiary alicyclic amines) is 1. The van der Waals surface area contributed by atoms with Crippen LogP contribution in [0.1, 0.15) is 37.3 Å². The normalized spacial score (nSPS) is 26.7. The van der Waals surface area contributed by atoms with E-state index in [1.165, 1.54) is 5.56 Å². The molecule has 0 spiro atoms. The molecule has 3 atom stereocenters. The Hall–Kier alpha value is -0.650. The summed E-state index contributed by atoms with van der Waals surface area (Å²) in [6.07, 6.45) is 4.21. The lowest BCUT2D eigenvalue weighted by Crippen LogP contribution is -2.35. The molecule has 5 heteroatoms. The average Bonchev–Trinajstić information content (AvgIpc) is 3.19. The van der Waals surface area contributed by atoms with Crippen LogP contribution in [0.2, 0.25) is 5.02 Å². The number of β-amino-alcohol motifs (C(OH)–C–C–N with tert-alkyl or cyclic N) is 1. The third-order valence-electron chi connectivity index (χ3n) is 4.68. The molecular formula is C18H26ClNO3. The van der Waals surface area contributed by atoms with Crippen molar-refractivity contribution in [2.45, 2.75) is 43.9 Å². The first kappa shape index (κ1) is 17.2. The van der Waals surface area contributed by atoms with Crippen LogP contribution in [-0.4, -0.2) is 55.1 Å². The summed E-state index contributed by atoms with van der Waals surface area (Å²) in [5, 5.41) is 11.0. The summed E-state index contributed by atoms with van der Waals surface area (Å²) >= 11 is 6.11. The van der Waals surface area contributed by atoms with E-state index in [1.54, 1.807) is 0 Å². The molecule has 4 nitrogen and oxygen atoms in total. The quantitative estimate of drug-likeness (QED) is 0.829. The molecule has 23 heavy (non-hydrogen) atoms. The second kappa shape index (κ2) is 8.45. The zero-order valence-electron chi connectivity index (χ0n) is 13.5. The minimum atomic E-state index is -0.462. The second-order valence-corrected chi connectivity index (χ2v) is 6.97. The molecule has 0 radical (unpaired) electrons. The summed E-state index contributed by atoms with van der Waals surface area (Å²) in [5.41, 5.74) is 1.24. The van der Waals surface area contributed by atoms with Crippen LogP contribution < -0.4 is 0 Å². The Labute approximate surface area is 143 Å². The molecule has 2 aliphatic heterocycles. The molecule has 0 aliphatic carbocycles. The summed E-state index contributed by atoms with van der Waals surface area (Å²) < 4.78 is 11.2. The molecule has 1 N–H and O–H groups in total. The van der Waals surface area contributed by atoms with E-state index in [0.717, 1.165) is 43.9 Å². The molecule has 3 rings (SSSR count). The smallest absolute Gasteiger partial charge is 0.0900 e. The second-order valence-electron chi connectivity index (χ2n) is 6.53. The van der Waals surface area contributed by atoms with Crippen molar-refractivity contribution >= 4 is 11.6 Å². The molecule has 2 saturated heterocycles. The highest BCUT2D eigenvalue weighted by Crippen LogP contribution is 2.32. The van der Waals surface area contributed by atoms with Crippen molar-refractivity contribution < 1.29 is 14.6 Å². The SMILES string of the molecule is OC(COCC1CCCO1)CN1CCCC1c1cccc(Cl)c1. The van der Waals surface area contributed by atoms with Gasteiger partial charge < -0.3 is 14.6 Å². The van der Waals surface area contributed by atoms with E-state index < -0.39 is 6.10 Å². The Morgan fingerprint density at radius 2 is 2.26 bits per heavy atom. The lowest BCUT2D eigenvalue weighted by atomic mass is 10.0. The standard InChI is InChI=1S/C18H26ClNO3/c19-15-5-1-4-14(10-15)18-7-2-8-20(18)11-16(21)12-22-13-17-6-3-9-23-17/h1,4-5,10,16-18,21H,2-3,6-9,11-13H2. The number of rotatable bonds is 7. The highest BCUT2D eigenvalue weighted by molar-refractivity contribution is 6.30. The number of benzene rings is 1. The van der Waals surface area contributed by atoms with Crippen molar-refractivity contribution in [3.05, 3.63) is 34.9 Å². The molecule has 0 aromatic heterocycles. The summed E-state index contributed by atoms with van der Waals surface area (Å²) in [4.78, 5) is 2.34. The Balaban J connectivity index is 1.46. The summed E-state index contributed by atoms with van der Waals surface area (Å²) in [5.74, 6) is 0. The van der Waals surface area contributed by atoms with Gasteiger partial charge in [0, 0.05) is 24.2 Å². The minimum absolute atomic E-state index is 0.216. The zero-order chi connectivity index (χ0) is 16.1. The van der Waals surface area contributed by atoms with Gasteiger partial charge in [-0.25, -0.2) is 0 Å². The molecule has 2 heterocycles. The van der Waals surface area contributed by atoms with Gasteiger partial charge in [0.25, 0.3) is 0 Å². The van der Waals surface area contributed by atoms with Crippen molar-refractivity contribution in [2.24, 2.45) is 0 Å².